The minimum Gasteiger partial charge on any atom is -0.481 e. The van der Waals surface area contributed by atoms with Gasteiger partial charge >= 0.3 is 5.97 Å². The fourth-order valence-electron chi connectivity index (χ4n) is 0.654. The SMILES string of the molecule is Cl.NC(=O)CC[C@@H](N)CC(=O)O. The average molecular weight is 197 g/mol. The molecule has 5 nitrogen and oxygen atoms in total. The van der Waals surface area contributed by atoms with Crippen molar-refractivity contribution in [2.45, 2.75) is 25.3 Å². The number of hydrogen-bond acceptors (Lipinski definition) is 3. The molecule has 1 atom stereocenters. The van der Waals surface area contributed by atoms with Crippen molar-refractivity contribution in [3.05, 3.63) is 0 Å². The number of carboxylic acid groups (broad SMARTS) is 1. The second-order valence-electron chi connectivity index (χ2n) is 2.36. The summed E-state index contributed by atoms with van der Waals surface area (Å²) >= 11 is 0. The molecule has 0 saturated carbocycles. The van der Waals surface area contributed by atoms with Crippen molar-refractivity contribution in [3.8, 4) is 0 Å². The molecule has 0 rings (SSSR count). The number of carboxylic acids is 1. The van der Waals surface area contributed by atoms with E-state index in [0.717, 1.165) is 0 Å². The van der Waals surface area contributed by atoms with Crippen LogP contribution in [0.15, 0.2) is 0 Å². The smallest absolute Gasteiger partial charge is 0.304 e. The molecule has 1 amide bonds. The third-order valence-corrected chi connectivity index (χ3v) is 1.20. The first-order valence-corrected chi connectivity index (χ1v) is 3.28. The normalized spacial score (nSPS) is 11.4. The first-order chi connectivity index (χ1) is 5.02. The van der Waals surface area contributed by atoms with Gasteiger partial charge in [-0.3, -0.25) is 9.59 Å². The Morgan fingerprint density at radius 2 is 1.92 bits per heavy atom. The van der Waals surface area contributed by atoms with E-state index in [0.29, 0.717) is 6.42 Å². The van der Waals surface area contributed by atoms with Crippen LogP contribution < -0.4 is 11.5 Å². The van der Waals surface area contributed by atoms with E-state index in [1.807, 2.05) is 0 Å². The van der Waals surface area contributed by atoms with Crippen LogP contribution in [0.5, 0.6) is 0 Å². The van der Waals surface area contributed by atoms with Gasteiger partial charge in [-0.1, -0.05) is 0 Å². The topological polar surface area (TPSA) is 106 Å². The van der Waals surface area contributed by atoms with E-state index >= 15 is 0 Å². The van der Waals surface area contributed by atoms with E-state index in [2.05, 4.69) is 0 Å². The van der Waals surface area contributed by atoms with E-state index in [1.165, 1.54) is 0 Å². The molecule has 0 fully saturated rings. The maximum Gasteiger partial charge on any atom is 0.304 e. The highest BCUT2D eigenvalue weighted by atomic mass is 35.5. The number of halogens is 1. The Bertz CT molecular complexity index is 163. The molecule has 0 radical (unpaired) electrons. The van der Waals surface area contributed by atoms with Gasteiger partial charge in [0.05, 0.1) is 6.42 Å². The molecule has 0 spiro atoms. The molecule has 12 heavy (non-hydrogen) atoms. The number of hydrogen-bond donors (Lipinski definition) is 3. The van der Waals surface area contributed by atoms with Crippen molar-refractivity contribution in [2.24, 2.45) is 11.5 Å². The lowest BCUT2D eigenvalue weighted by Crippen LogP contribution is -2.25. The van der Waals surface area contributed by atoms with E-state index in [9.17, 15) is 9.59 Å². The van der Waals surface area contributed by atoms with Gasteiger partial charge in [0.2, 0.25) is 5.91 Å². The summed E-state index contributed by atoms with van der Waals surface area (Å²) in [4.78, 5) is 20.3. The molecule has 5 N–H and O–H groups in total. The van der Waals surface area contributed by atoms with Crippen LogP contribution in [-0.2, 0) is 9.59 Å². The fraction of sp³-hybridized carbons (Fsp3) is 0.667. The molecule has 6 heteroatoms. The van der Waals surface area contributed by atoms with Gasteiger partial charge in [0.1, 0.15) is 0 Å². The molecule has 0 heterocycles. The molecule has 0 aromatic carbocycles. The average Bonchev–Trinajstić information content (AvgIpc) is 1.82. The lowest BCUT2D eigenvalue weighted by atomic mass is 10.1. The van der Waals surface area contributed by atoms with E-state index in [-0.39, 0.29) is 25.2 Å². The van der Waals surface area contributed by atoms with Crippen molar-refractivity contribution in [1.29, 1.82) is 0 Å². The second-order valence-corrected chi connectivity index (χ2v) is 2.36. The van der Waals surface area contributed by atoms with E-state index in [1.54, 1.807) is 0 Å². The zero-order chi connectivity index (χ0) is 8.85. The van der Waals surface area contributed by atoms with Gasteiger partial charge in [-0.25, -0.2) is 0 Å². The lowest BCUT2D eigenvalue weighted by Gasteiger charge is -2.05. The molecule has 0 aliphatic heterocycles. The summed E-state index contributed by atoms with van der Waals surface area (Å²) in [6, 6.07) is -0.472. The Labute approximate surface area is 76.5 Å². The van der Waals surface area contributed by atoms with Gasteiger partial charge in [0.15, 0.2) is 0 Å². The molecule has 0 aromatic heterocycles. The van der Waals surface area contributed by atoms with Gasteiger partial charge in [0.25, 0.3) is 0 Å². The fourth-order valence-corrected chi connectivity index (χ4v) is 0.654. The van der Waals surface area contributed by atoms with Crippen molar-refractivity contribution in [1.82, 2.24) is 0 Å². The summed E-state index contributed by atoms with van der Waals surface area (Å²) < 4.78 is 0. The van der Waals surface area contributed by atoms with Crippen LogP contribution in [0.4, 0.5) is 0 Å². The van der Waals surface area contributed by atoms with Gasteiger partial charge in [-0.2, -0.15) is 0 Å². The van der Waals surface area contributed by atoms with Crippen LogP contribution in [0.2, 0.25) is 0 Å². The second kappa shape index (κ2) is 6.87. The third kappa shape index (κ3) is 9.19. The lowest BCUT2D eigenvalue weighted by molar-refractivity contribution is -0.137. The number of nitrogens with two attached hydrogens (primary N) is 2. The zero-order valence-corrected chi connectivity index (χ0v) is 7.34. The summed E-state index contributed by atoms with van der Waals surface area (Å²) in [5, 5.41) is 8.25. The van der Waals surface area contributed by atoms with Crippen molar-refractivity contribution in [2.75, 3.05) is 0 Å². The van der Waals surface area contributed by atoms with Gasteiger partial charge in [0, 0.05) is 12.5 Å². The molecule has 0 bridgehead atoms. The molecular formula is C6H13ClN2O3. The Kier molecular flexibility index (Phi) is 7.88. The largest absolute Gasteiger partial charge is 0.481 e. The van der Waals surface area contributed by atoms with Crippen LogP contribution in [0, 0.1) is 0 Å². The Balaban J connectivity index is 0. The Hall–Kier alpha value is -0.810. The molecule has 0 unspecified atom stereocenters. The summed E-state index contributed by atoms with van der Waals surface area (Å²) in [7, 11) is 0. The molecule has 0 aliphatic rings. The first-order valence-electron chi connectivity index (χ1n) is 3.28. The zero-order valence-electron chi connectivity index (χ0n) is 6.53. The highest BCUT2D eigenvalue weighted by Gasteiger charge is 2.08. The molecule has 0 aromatic rings. The monoisotopic (exact) mass is 196 g/mol. The number of amides is 1. The van der Waals surface area contributed by atoms with Crippen molar-refractivity contribution in [3.63, 3.8) is 0 Å². The van der Waals surface area contributed by atoms with Crippen LogP contribution in [0.1, 0.15) is 19.3 Å². The van der Waals surface area contributed by atoms with Crippen LogP contribution >= 0.6 is 12.4 Å². The number of carbonyl (C=O) groups is 2. The van der Waals surface area contributed by atoms with Crippen molar-refractivity contribution < 1.29 is 14.7 Å². The number of rotatable bonds is 5. The predicted molar refractivity (Wildman–Crippen MR) is 45.9 cm³/mol. The highest BCUT2D eigenvalue weighted by Crippen LogP contribution is 1.97. The maximum absolute atomic E-state index is 10.2. The Morgan fingerprint density at radius 1 is 1.42 bits per heavy atom. The maximum atomic E-state index is 10.2. The van der Waals surface area contributed by atoms with Crippen LogP contribution in [0.3, 0.4) is 0 Å². The molecule has 0 saturated heterocycles. The molecule has 0 aliphatic carbocycles. The first kappa shape index (κ1) is 13.8. The minimum atomic E-state index is -0.957. The number of carbonyl (C=O) groups excluding carboxylic acids is 1. The van der Waals surface area contributed by atoms with Gasteiger partial charge in [-0.15, -0.1) is 12.4 Å². The quantitative estimate of drug-likeness (QED) is 0.550. The van der Waals surface area contributed by atoms with Crippen molar-refractivity contribution >= 4 is 24.3 Å². The van der Waals surface area contributed by atoms with Crippen LogP contribution in [-0.4, -0.2) is 23.0 Å². The van der Waals surface area contributed by atoms with Crippen LogP contribution in [0.25, 0.3) is 0 Å². The van der Waals surface area contributed by atoms with Gasteiger partial charge in [-0.05, 0) is 6.42 Å². The molecule has 72 valence electrons. The number of primary amides is 1. The predicted octanol–water partition coefficient (Wildman–Crippen LogP) is -0.524. The summed E-state index contributed by atoms with van der Waals surface area (Å²) in [6.07, 6.45) is 0.364. The summed E-state index contributed by atoms with van der Waals surface area (Å²) in [5.74, 6) is -1.41. The summed E-state index contributed by atoms with van der Waals surface area (Å²) in [5.41, 5.74) is 10.2. The van der Waals surface area contributed by atoms with E-state index < -0.39 is 17.9 Å². The minimum absolute atomic E-state index is 0. The van der Waals surface area contributed by atoms with E-state index in [4.69, 9.17) is 16.6 Å². The highest BCUT2D eigenvalue weighted by molar-refractivity contribution is 5.85. The summed E-state index contributed by atoms with van der Waals surface area (Å²) in [6.45, 7) is 0. The molecular weight excluding hydrogens is 184 g/mol. The third-order valence-electron chi connectivity index (χ3n) is 1.20. The Morgan fingerprint density at radius 3 is 2.25 bits per heavy atom. The van der Waals surface area contributed by atoms with Gasteiger partial charge < -0.3 is 16.6 Å². The standard InChI is InChI=1S/C6H12N2O3.ClH/c7-4(3-6(10)11)1-2-5(8)9;/h4H,1-3,7H2,(H2,8,9)(H,10,11);1H/t4-;/m1./s1. The number of aliphatic carboxylic acids is 1.